The van der Waals surface area contributed by atoms with Gasteiger partial charge in [0.05, 0.1) is 6.54 Å². The summed E-state index contributed by atoms with van der Waals surface area (Å²) >= 11 is 0. The van der Waals surface area contributed by atoms with Crippen LogP contribution in [0.1, 0.15) is 13.3 Å². The predicted octanol–water partition coefficient (Wildman–Crippen LogP) is -0.850. The van der Waals surface area contributed by atoms with Crippen molar-refractivity contribution in [2.45, 2.75) is 19.4 Å². The average molecular weight is 214 g/mol. The highest BCUT2D eigenvalue weighted by Gasteiger charge is 2.36. The number of nitrogens with zero attached hydrogens (tertiary/aromatic N) is 2. The van der Waals surface area contributed by atoms with Crippen molar-refractivity contribution in [2.75, 3.05) is 20.1 Å². The molecule has 1 heterocycles. The molecule has 1 saturated heterocycles. The molecule has 1 N–H and O–H groups in total. The molecule has 1 aliphatic rings. The number of amides is 2. The van der Waals surface area contributed by atoms with Crippen molar-refractivity contribution in [3.8, 4) is 0 Å². The van der Waals surface area contributed by atoms with Gasteiger partial charge in [-0.05, 0) is 0 Å². The van der Waals surface area contributed by atoms with Crippen molar-refractivity contribution in [1.82, 2.24) is 9.80 Å². The van der Waals surface area contributed by atoms with Crippen molar-refractivity contribution in [2.24, 2.45) is 0 Å². The highest BCUT2D eigenvalue weighted by Crippen LogP contribution is 2.11. The number of hydrogen-bond donors (Lipinski definition) is 1. The quantitative estimate of drug-likeness (QED) is 0.649. The van der Waals surface area contributed by atoms with Crippen molar-refractivity contribution in [1.29, 1.82) is 0 Å². The maximum atomic E-state index is 11.4. The molecule has 1 atom stereocenters. The third kappa shape index (κ3) is 2.26. The molecule has 1 fully saturated rings. The first kappa shape index (κ1) is 11.5. The van der Waals surface area contributed by atoms with Gasteiger partial charge in [0, 0.05) is 13.5 Å². The van der Waals surface area contributed by atoms with Crippen LogP contribution < -0.4 is 0 Å². The Morgan fingerprint density at radius 1 is 1.53 bits per heavy atom. The molecule has 15 heavy (non-hydrogen) atoms. The van der Waals surface area contributed by atoms with Crippen LogP contribution in [0.25, 0.3) is 0 Å². The predicted molar refractivity (Wildman–Crippen MR) is 51.1 cm³/mol. The summed E-state index contributed by atoms with van der Waals surface area (Å²) in [5.41, 5.74) is 0. The lowest BCUT2D eigenvalue weighted by molar-refractivity contribution is -0.158. The van der Waals surface area contributed by atoms with Crippen LogP contribution in [0, 0.1) is 0 Å². The van der Waals surface area contributed by atoms with Crippen LogP contribution in [-0.2, 0) is 14.4 Å². The van der Waals surface area contributed by atoms with Gasteiger partial charge in [0.2, 0.25) is 11.8 Å². The zero-order valence-electron chi connectivity index (χ0n) is 8.77. The van der Waals surface area contributed by atoms with Gasteiger partial charge in [-0.25, -0.2) is 4.79 Å². The highest BCUT2D eigenvalue weighted by molar-refractivity contribution is 5.91. The van der Waals surface area contributed by atoms with Crippen LogP contribution in [0.2, 0.25) is 0 Å². The summed E-state index contributed by atoms with van der Waals surface area (Å²) in [5, 5.41) is 8.93. The molecule has 1 aliphatic heterocycles. The fourth-order valence-corrected chi connectivity index (χ4v) is 1.51. The first-order valence-corrected chi connectivity index (χ1v) is 4.73. The van der Waals surface area contributed by atoms with Crippen LogP contribution in [0.5, 0.6) is 0 Å². The van der Waals surface area contributed by atoms with Crippen molar-refractivity contribution >= 4 is 17.8 Å². The Balaban J connectivity index is 2.86. The first-order valence-electron chi connectivity index (χ1n) is 4.73. The summed E-state index contributed by atoms with van der Waals surface area (Å²) in [4.78, 5) is 36.1. The van der Waals surface area contributed by atoms with Crippen LogP contribution in [0.3, 0.4) is 0 Å². The Morgan fingerprint density at radius 2 is 2.13 bits per heavy atom. The molecule has 0 radical (unpaired) electrons. The van der Waals surface area contributed by atoms with E-state index in [2.05, 4.69) is 0 Å². The van der Waals surface area contributed by atoms with Crippen molar-refractivity contribution in [3.05, 3.63) is 0 Å². The lowest BCUT2D eigenvalue weighted by Crippen LogP contribution is -2.59. The van der Waals surface area contributed by atoms with Gasteiger partial charge in [-0.2, -0.15) is 0 Å². The molecule has 0 saturated carbocycles. The lowest BCUT2D eigenvalue weighted by atomic mass is 10.1. The summed E-state index contributed by atoms with van der Waals surface area (Å²) in [5.74, 6) is -1.60. The highest BCUT2D eigenvalue weighted by atomic mass is 16.4. The van der Waals surface area contributed by atoms with Gasteiger partial charge < -0.3 is 14.9 Å². The minimum atomic E-state index is -1.07. The summed E-state index contributed by atoms with van der Waals surface area (Å²) in [6.45, 7) is 1.56. The molecule has 1 rings (SSSR count). The summed E-state index contributed by atoms with van der Waals surface area (Å²) < 4.78 is 0. The number of carboxylic acids is 1. The molecule has 0 aromatic rings. The lowest BCUT2D eigenvalue weighted by Gasteiger charge is -2.36. The van der Waals surface area contributed by atoms with Gasteiger partial charge in [0.1, 0.15) is 12.6 Å². The summed E-state index contributed by atoms with van der Waals surface area (Å²) in [6, 6.07) is -0.917. The van der Waals surface area contributed by atoms with E-state index in [4.69, 9.17) is 5.11 Å². The molecule has 0 spiro atoms. The third-order valence-electron chi connectivity index (χ3n) is 2.46. The molecule has 84 valence electrons. The maximum absolute atomic E-state index is 11.4. The number of aliphatic carboxylic acids is 1. The second kappa shape index (κ2) is 4.29. The topological polar surface area (TPSA) is 77.9 Å². The third-order valence-corrected chi connectivity index (χ3v) is 2.46. The Morgan fingerprint density at radius 3 is 2.60 bits per heavy atom. The summed E-state index contributed by atoms with van der Waals surface area (Å²) in [6.07, 6.45) is 0.209. The molecule has 1 unspecified atom stereocenters. The van der Waals surface area contributed by atoms with Gasteiger partial charge in [0.15, 0.2) is 0 Å². The van der Waals surface area contributed by atoms with Crippen molar-refractivity contribution < 1.29 is 19.5 Å². The summed E-state index contributed by atoms with van der Waals surface area (Å²) in [7, 11) is 1.53. The molecule has 2 amide bonds. The van der Waals surface area contributed by atoms with E-state index < -0.39 is 12.0 Å². The van der Waals surface area contributed by atoms with Gasteiger partial charge in [-0.3, -0.25) is 9.59 Å². The van der Waals surface area contributed by atoms with Gasteiger partial charge >= 0.3 is 5.97 Å². The van der Waals surface area contributed by atoms with Crippen LogP contribution in [0.15, 0.2) is 0 Å². The van der Waals surface area contributed by atoms with Crippen molar-refractivity contribution in [3.63, 3.8) is 0 Å². The number of rotatable bonds is 2. The van der Waals surface area contributed by atoms with Gasteiger partial charge in [0.25, 0.3) is 0 Å². The molecular weight excluding hydrogens is 200 g/mol. The zero-order chi connectivity index (χ0) is 11.6. The molecule has 6 heteroatoms. The second-order valence-electron chi connectivity index (χ2n) is 3.50. The minimum absolute atomic E-state index is 0.0555. The molecule has 0 bridgehead atoms. The standard InChI is InChI=1S/C9H14N2O4/c1-3-7(12)11-5-8(13)10(2)4-6(11)9(14)15/h6H,3-5H2,1-2H3,(H,14,15). The van der Waals surface area contributed by atoms with E-state index in [9.17, 15) is 14.4 Å². The number of carbonyl (C=O) groups excluding carboxylic acids is 2. The van der Waals surface area contributed by atoms with Gasteiger partial charge in [-0.1, -0.05) is 6.92 Å². The molecule has 0 aliphatic carbocycles. The van der Waals surface area contributed by atoms with Crippen LogP contribution >= 0.6 is 0 Å². The van der Waals surface area contributed by atoms with Crippen LogP contribution in [0.4, 0.5) is 0 Å². The molecule has 0 aromatic heterocycles. The first-order chi connectivity index (χ1) is 6.97. The zero-order valence-corrected chi connectivity index (χ0v) is 8.77. The Labute approximate surface area is 87.5 Å². The number of carboxylic acid groups (broad SMARTS) is 1. The van der Waals surface area contributed by atoms with E-state index in [-0.39, 0.29) is 31.3 Å². The smallest absolute Gasteiger partial charge is 0.328 e. The van der Waals surface area contributed by atoms with E-state index in [0.717, 1.165) is 4.90 Å². The largest absolute Gasteiger partial charge is 0.480 e. The van der Waals surface area contributed by atoms with Crippen LogP contribution in [-0.4, -0.2) is 58.9 Å². The van der Waals surface area contributed by atoms with E-state index >= 15 is 0 Å². The monoisotopic (exact) mass is 214 g/mol. The fraction of sp³-hybridized carbons (Fsp3) is 0.667. The van der Waals surface area contributed by atoms with E-state index in [1.54, 1.807) is 6.92 Å². The Hall–Kier alpha value is -1.59. The molecular formula is C9H14N2O4. The number of piperazine rings is 1. The van der Waals surface area contributed by atoms with E-state index in [1.165, 1.54) is 11.9 Å². The van der Waals surface area contributed by atoms with E-state index in [0.29, 0.717) is 0 Å². The Kier molecular flexibility index (Phi) is 3.28. The minimum Gasteiger partial charge on any atom is -0.480 e. The number of carbonyl (C=O) groups is 3. The fourth-order valence-electron chi connectivity index (χ4n) is 1.51. The molecule has 6 nitrogen and oxygen atoms in total. The second-order valence-corrected chi connectivity index (χ2v) is 3.50. The number of likely N-dealkylation sites (N-methyl/N-ethyl adjacent to an activating group) is 1. The van der Waals surface area contributed by atoms with E-state index in [1.807, 2.05) is 0 Å². The Bertz CT molecular complexity index is 302. The average Bonchev–Trinajstić information content (AvgIpc) is 2.20. The maximum Gasteiger partial charge on any atom is 0.328 e. The van der Waals surface area contributed by atoms with Gasteiger partial charge in [-0.15, -0.1) is 0 Å². The normalized spacial score (nSPS) is 21.7. The molecule has 0 aromatic carbocycles. The SMILES string of the molecule is CCC(=O)N1CC(=O)N(C)CC1C(=O)O. The number of hydrogen-bond acceptors (Lipinski definition) is 3.